The van der Waals surface area contributed by atoms with E-state index in [9.17, 15) is 9.59 Å². The van der Waals surface area contributed by atoms with Gasteiger partial charge in [0.05, 0.1) is 0 Å². The molecule has 1 heterocycles. The topological polar surface area (TPSA) is 98.9 Å². The average Bonchev–Trinajstić information content (AvgIpc) is 2.70. The first kappa shape index (κ1) is 28.9. The molecule has 1 aliphatic heterocycles. The molecule has 1 saturated heterocycles. The van der Waals surface area contributed by atoms with Gasteiger partial charge in [-0.1, -0.05) is 41.0 Å². The lowest BCUT2D eigenvalue weighted by Crippen LogP contribution is -2.56. The average molecular weight is 455 g/mol. The number of rotatable bonds is 13. The molecule has 0 spiro atoms. The third-order valence-corrected chi connectivity index (χ3v) is 7.36. The van der Waals surface area contributed by atoms with Crippen LogP contribution in [-0.2, 0) is 9.59 Å². The number of carbonyl (C=O) groups excluding carboxylic acids is 1. The van der Waals surface area contributed by atoms with Crippen molar-refractivity contribution in [2.45, 2.75) is 98.7 Å². The maximum absolute atomic E-state index is 12.8. The minimum absolute atomic E-state index is 0.0341. The summed E-state index contributed by atoms with van der Waals surface area (Å²) in [5.74, 6) is -0.955. The minimum atomic E-state index is -1.02. The van der Waals surface area contributed by atoms with Crippen molar-refractivity contribution in [2.75, 3.05) is 32.7 Å². The molecule has 0 radical (unpaired) electrons. The number of nitrogens with zero attached hydrogens (tertiary/aromatic N) is 2. The molecule has 0 aromatic heterocycles. The molecule has 7 nitrogen and oxygen atoms in total. The van der Waals surface area contributed by atoms with E-state index < -0.39 is 17.4 Å². The molecule has 188 valence electrons. The molecule has 32 heavy (non-hydrogen) atoms. The normalized spacial score (nSPS) is 20.4. The summed E-state index contributed by atoms with van der Waals surface area (Å²) in [6, 6.07) is -0.463. The van der Waals surface area contributed by atoms with E-state index in [1.165, 1.54) is 12.8 Å². The third-order valence-electron chi connectivity index (χ3n) is 7.36. The second-order valence-electron chi connectivity index (χ2n) is 11.4. The summed E-state index contributed by atoms with van der Waals surface area (Å²) in [6.07, 6.45) is 3.93. The predicted octanol–water partition coefficient (Wildman–Crippen LogP) is 3.18. The Balaban J connectivity index is 2.44. The second kappa shape index (κ2) is 12.3. The summed E-state index contributed by atoms with van der Waals surface area (Å²) in [6.45, 7) is 22.0. The molecule has 7 heteroatoms. The Morgan fingerprint density at radius 3 is 2.12 bits per heavy atom. The smallest absolute Gasteiger partial charge is 0.320 e. The highest BCUT2D eigenvalue weighted by atomic mass is 16.4. The van der Waals surface area contributed by atoms with Gasteiger partial charge in [0.2, 0.25) is 5.91 Å². The fraction of sp³-hybridized carbons (Fsp3) is 0.920. The Morgan fingerprint density at radius 2 is 1.62 bits per heavy atom. The number of aliphatic carboxylic acids is 1. The lowest BCUT2D eigenvalue weighted by molar-refractivity contribution is -0.141. The molecule has 1 aliphatic rings. The van der Waals surface area contributed by atoms with Crippen LogP contribution in [-0.4, -0.2) is 77.1 Å². The first-order chi connectivity index (χ1) is 14.7. The predicted molar refractivity (Wildman–Crippen MR) is 132 cm³/mol. The maximum atomic E-state index is 12.8. The van der Waals surface area contributed by atoms with Crippen LogP contribution >= 0.6 is 0 Å². The van der Waals surface area contributed by atoms with Gasteiger partial charge in [-0.2, -0.15) is 0 Å². The van der Waals surface area contributed by atoms with E-state index in [-0.39, 0.29) is 17.4 Å². The number of hydrogen-bond acceptors (Lipinski definition) is 5. The van der Waals surface area contributed by atoms with Crippen LogP contribution in [0.15, 0.2) is 0 Å². The van der Waals surface area contributed by atoms with Crippen LogP contribution in [0, 0.1) is 17.3 Å². The molecular formula is C25H50N4O3. The highest BCUT2D eigenvalue weighted by Gasteiger charge is 2.34. The SMILES string of the molecule is CCCC(C)(C)N1CCN(C(C)CC(C)CNC(=O)C(C)(C)CC(C)[C@H](N)C(=O)O)CC1. The van der Waals surface area contributed by atoms with E-state index in [1.54, 1.807) is 6.92 Å². The zero-order valence-electron chi connectivity index (χ0n) is 21.9. The van der Waals surface area contributed by atoms with Crippen LogP contribution in [0.4, 0.5) is 0 Å². The van der Waals surface area contributed by atoms with Crippen molar-refractivity contribution < 1.29 is 14.7 Å². The summed E-state index contributed by atoms with van der Waals surface area (Å²) in [7, 11) is 0. The lowest BCUT2D eigenvalue weighted by atomic mass is 9.80. The van der Waals surface area contributed by atoms with Crippen molar-refractivity contribution in [1.82, 2.24) is 15.1 Å². The number of carboxylic acid groups (broad SMARTS) is 1. The Hall–Kier alpha value is -1.18. The van der Waals surface area contributed by atoms with Crippen molar-refractivity contribution in [3.8, 4) is 0 Å². The molecular weight excluding hydrogens is 404 g/mol. The Morgan fingerprint density at radius 1 is 1.06 bits per heavy atom. The highest BCUT2D eigenvalue weighted by molar-refractivity contribution is 5.82. The van der Waals surface area contributed by atoms with Crippen LogP contribution in [0.3, 0.4) is 0 Å². The van der Waals surface area contributed by atoms with E-state index in [1.807, 2.05) is 13.8 Å². The molecule has 0 bridgehead atoms. The quantitative estimate of drug-likeness (QED) is 0.395. The number of nitrogens with two attached hydrogens (primary N) is 1. The van der Waals surface area contributed by atoms with Gasteiger partial charge >= 0.3 is 5.97 Å². The van der Waals surface area contributed by atoms with Gasteiger partial charge in [-0.3, -0.25) is 19.4 Å². The van der Waals surface area contributed by atoms with Gasteiger partial charge in [-0.25, -0.2) is 0 Å². The van der Waals surface area contributed by atoms with Gasteiger partial charge in [0.1, 0.15) is 6.04 Å². The highest BCUT2D eigenvalue weighted by Crippen LogP contribution is 2.27. The Labute approximate surface area is 196 Å². The van der Waals surface area contributed by atoms with Crippen molar-refractivity contribution in [3.63, 3.8) is 0 Å². The van der Waals surface area contributed by atoms with E-state index >= 15 is 0 Å². The zero-order chi connectivity index (χ0) is 24.7. The number of nitrogens with one attached hydrogen (secondary N) is 1. The summed E-state index contributed by atoms with van der Waals surface area (Å²) >= 11 is 0. The molecule has 4 N–H and O–H groups in total. The van der Waals surface area contributed by atoms with Gasteiger partial charge in [0.15, 0.2) is 0 Å². The molecule has 1 amide bonds. The van der Waals surface area contributed by atoms with Gasteiger partial charge < -0.3 is 16.2 Å². The first-order valence-corrected chi connectivity index (χ1v) is 12.5. The number of hydrogen-bond donors (Lipinski definition) is 3. The number of piperazine rings is 1. The largest absolute Gasteiger partial charge is 0.480 e. The van der Waals surface area contributed by atoms with E-state index in [4.69, 9.17) is 10.8 Å². The van der Waals surface area contributed by atoms with Crippen LogP contribution in [0.2, 0.25) is 0 Å². The third kappa shape index (κ3) is 8.64. The fourth-order valence-corrected chi connectivity index (χ4v) is 5.13. The van der Waals surface area contributed by atoms with Crippen LogP contribution in [0.25, 0.3) is 0 Å². The summed E-state index contributed by atoms with van der Waals surface area (Å²) in [5.41, 5.74) is 5.35. The van der Waals surface area contributed by atoms with Gasteiger partial charge in [-0.15, -0.1) is 0 Å². The second-order valence-corrected chi connectivity index (χ2v) is 11.4. The van der Waals surface area contributed by atoms with E-state index in [2.05, 4.69) is 49.7 Å². The Bertz CT molecular complexity index is 600. The molecule has 0 saturated carbocycles. The van der Waals surface area contributed by atoms with Crippen LogP contribution in [0.5, 0.6) is 0 Å². The van der Waals surface area contributed by atoms with Gasteiger partial charge in [0, 0.05) is 49.7 Å². The molecule has 0 aliphatic carbocycles. The maximum Gasteiger partial charge on any atom is 0.320 e. The first-order valence-electron chi connectivity index (χ1n) is 12.5. The number of carboxylic acids is 1. The monoisotopic (exact) mass is 454 g/mol. The molecule has 0 aromatic rings. The summed E-state index contributed by atoms with van der Waals surface area (Å²) in [5, 5.41) is 12.2. The van der Waals surface area contributed by atoms with Crippen LogP contribution in [0.1, 0.15) is 81.1 Å². The summed E-state index contributed by atoms with van der Waals surface area (Å²) < 4.78 is 0. The standard InChI is InChI=1S/C25H50N4O3/c1-9-10-25(7,8)29-13-11-28(12-14-29)20(4)15-18(2)17-27-23(32)24(5,6)16-19(3)21(26)22(30)31/h18-21H,9-17,26H2,1-8H3,(H,27,32)(H,30,31)/t18?,19?,20?,21-/m0/s1. The van der Waals surface area contributed by atoms with E-state index in [0.29, 0.717) is 24.9 Å². The zero-order valence-corrected chi connectivity index (χ0v) is 21.9. The van der Waals surface area contributed by atoms with E-state index in [0.717, 1.165) is 32.6 Å². The van der Waals surface area contributed by atoms with Crippen molar-refractivity contribution in [3.05, 3.63) is 0 Å². The lowest BCUT2D eigenvalue weighted by Gasteiger charge is -2.46. The van der Waals surface area contributed by atoms with Crippen molar-refractivity contribution >= 4 is 11.9 Å². The molecule has 4 atom stereocenters. The fourth-order valence-electron chi connectivity index (χ4n) is 5.13. The van der Waals surface area contributed by atoms with Crippen LogP contribution < -0.4 is 11.1 Å². The van der Waals surface area contributed by atoms with Gasteiger partial charge in [-0.05, 0) is 51.9 Å². The number of amides is 1. The Kier molecular flexibility index (Phi) is 11.1. The van der Waals surface area contributed by atoms with Crippen molar-refractivity contribution in [1.29, 1.82) is 0 Å². The molecule has 0 aromatic carbocycles. The molecule has 1 rings (SSSR count). The van der Waals surface area contributed by atoms with Crippen molar-refractivity contribution in [2.24, 2.45) is 23.0 Å². The summed E-state index contributed by atoms with van der Waals surface area (Å²) in [4.78, 5) is 29.1. The molecule has 1 fully saturated rings. The minimum Gasteiger partial charge on any atom is -0.480 e. The van der Waals surface area contributed by atoms with Gasteiger partial charge in [0.25, 0.3) is 0 Å². The molecule has 3 unspecified atom stereocenters. The number of carbonyl (C=O) groups is 2.